The van der Waals surface area contributed by atoms with Crippen molar-refractivity contribution in [3.8, 4) is 0 Å². The molecule has 2 bridgehead atoms. The van der Waals surface area contributed by atoms with Gasteiger partial charge in [0, 0.05) is 25.2 Å². The first-order valence-electron chi connectivity index (χ1n) is 6.24. The van der Waals surface area contributed by atoms with E-state index in [-0.39, 0.29) is 6.10 Å². The summed E-state index contributed by atoms with van der Waals surface area (Å²) in [7, 11) is 0. The molecule has 0 radical (unpaired) electrons. The third-order valence-electron chi connectivity index (χ3n) is 4.09. The molecule has 0 spiro atoms. The van der Waals surface area contributed by atoms with E-state index < -0.39 is 0 Å². The zero-order valence-corrected chi connectivity index (χ0v) is 9.51. The normalized spacial score (nSPS) is 35.2. The molecule has 16 heavy (non-hydrogen) atoms. The van der Waals surface area contributed by atoms with Gasteiger partial charge in [0.25, 0.3) is 0 Å². The molecule has 3 nitrogen and oxygen atoms in total. The fraction of sp³-hybridized carbons (Fsp3) is 0.692. The third-order valence-corrected chi connectivity index (χ3v) is 4.09. The summed E-state index contributed by atoms with van der Waals surface area (Å²) in [4.78, 5) is 2.46. The predicted molar refractivity (Wildman–Crippen MR) is 60.8 cm³/mol. The van der Waals surface area contributed by atoms with Crippen LogP contribution in [0, 0.1) is 11.8 Å². The number of rotatable bonds is 2. The van der Waals surface area contributed by atoms with Gasteiger partial charge in [0.1, 0.15) is 0 Å². The van der Waals surface area contributed by atoms with E-state index in [0.29, 0.717) is 11.8 Å². The van der Waals surface area contributed by atoms with Gasteiger partial charge in [-0.05, 0) is 30.7 Å². The fourth-order valence-electron chi connectivity index (χ4n) is 3.27. The maximum absolute atomic E-state index is 10.1. The van der Waals surface area contributed by atoms with Gasteiger partial charge in [-0.15, -0.1) is 0 Å². The van der Waals surface area contributed by atoms with Crippen LogP contribution in [0.4, 0.5) is 0 Å². The Morgan fingerprint density at radius 2 is 2.06 bits per heavy atom. The Bertz CT molecular complexity index is 322. The molecule has 88 valence electrons. The van der Waals surface area contributed by atoms with Crippen LogP contribution in [0.3, 0.4) is 0 Å². The first-order chi connectivity index (χ1) is 7.83. The summed E-state index contributed by atoms with van der Waals surface area (Å²) >= 11 is 0. The van der Waals surface area contributed by atoms with Crippen molar-refractivity contribution < 1.29 is 9.52 Å². The molecule has 1 saturated heterocycles. The standard InChI is InChI=1S/C13H19NO2/c15-13-11-2-1-3-12(13)8-14(7-11)6-10-4-5-16-9-10/h4-5,9,11-13,15H,1-3,6-8H2. The monoisotopic (exact) mass is 221 g/mol. The van der Waals surface area contributed by atoms with Crippen LogP contribution in [-0.2, 0) is 6.54 Å². The number of hydrogen-bond acceptors (Lipinski definition) is 3. The average molecular weight is 221 g/mol. The molecule has 2 unspecified atom stereocenters. The molecule has 1 aliphatic carbocycles. The molecule has 1 saturated carbocycles. The van der Waals surface area contributed by atoms with Crippen LogP contribution in [0.25, 0.3) is 0 Å². The molecule has 0 amide bonds. The first kappa shape index (κ1) is 10.4. The Labute approximate surface area is 96.1 Å². The maximum Gasteiger partial charge on any atom is 0.0947 e. The summed E-state index contributed by atoms with van der Waals surface area (Å²) in [6.07, 6.45) is 7.19. The molecule has 3 rings (SSSR count). The smallest absolute Gasteiger partial charge is 0.0947 e. The van der Waals surface area contributed by atoms with Crippen LogP contribution < -0.4 is 0 Å². The minimum atomic E-state index is -0.0469. The molecular weight excluding hydrogens is 202 g/mol. The average Bonchev–Trinajstić information content (AvgIpc) is 2.72. The van der Waals surface area contributed by atoms with Crippen molar-refractivity contribution in [2.75, 3.05) is 13.1 Å². The van der Waals surface area contributed by atoms with Crippen LogP contribution in [0.15, 0.2) is 23.0 Å². The molecular formula is C13H19NO2. The molecule has 1 N–H and O–H groups in total. The fourth-order valence-corrected chi connectivity index (χ4v) is 3.27. The van der Waals surface area contributed by atoms with Gasteiger partial charge in [0.05, 0.1) is 18.6 Å². The SMILES string of the molecule is OC1C2CCCC1CN(Cc1ccoc1)C2. The summed E-state index contributed by atoms with van der Waals surface area (Å²) in [6.45, 7) is 3.06. The van der Waals surface area contributed by atoms with E-state index in [1.807, 2.05) is 12.3 Å². The van der Waals surface area contributed by atoms with Crippen LogP contribution in [0.1, 0.15) is 24.8 Å². The zero-order valence-electron chi connectivity index (χ0n) is 9.51. The summed E-state index contributed by atoms with van der Waals surface area (Å²) in [5.74, 6) is 0.999. The van der Waals surface area contributed by atoms with E-state index in [2.05, 4.69) is 4.90 Å². The number of likely N-dealkylation sites (tertiary alicyclic amines) is 1. The predicted octanol–water partition coefficient (Wildman–Crippen LogP) is 1.87. The lowest BCUT2D eigenvalue weighted by Crippen LogP contribution is -2.50. The van der Waals surface area contributed by atoms with E-state index in [0.717, 1.165) is 19.6 Å². The van der Waals surface area contributed by atoms with Gasteiger partial charge in [-0.3, -0.25) is 4.90 Å². The molecule has 2 aliphatic rings. The van der Waals surface area contributed by atoms with Gasteiger partial charge in [-0.1, -0.05) is 6.42 Å². The van der Waals surface area contributed by atoms with Gasteiger partial charge >= 0.3 is 0 Å². The summed E-state index contributed by atoms with van der Waals surface area (Å²) in [5.41, 5.74) is 1.24. The van der Waals surface area contributed by atoms with Gasteiger partial charge in [-0.2, -0.15) is 0 Å². The summed E-state index contributed by atoms with van der Waals surface area (Å²) in [5, 5.41) is 10.1. The molecule has 2 heterocycles. The van der Waals surface area contributed by atoms with Gasteiger partial charge < -0.3 is 9.52 Å². The molecule has 2 fully saturated rings. The van der Waals surface area contributed by atoms with Crippen LogP contribution in [0.5, 0.6) is 0 Å². The largest absolute Gasteiger partial charge is 0.472 e. The molecule has 1 aromatic heterocycles. The Morgan fingerprint density at radius 3 is 2.69 bits per heavy atom. The van der Waals surface area contributed by atoms with Gasteiger partial charge in [0.15, 0.2) is 0 Å². The minimum absolute atomic E-state index is 0.0469. The Hall–Kier alpha value is -0.800. The second-order valence-electron chi connectivity index (χ2n) is 5.27. The minimum Gasteiger partial charge on any atom is -0.472 e. The Balaban J connectivity index is 1.66. The highest BCUT2D eigenvalue weighted by Crippen LogP contribution is 2.35. The van der Waals surface area contributed by atoms with Crippen molar-refractivity contribution in [2.24, 2.45) is 11.8 Å². The number of hydrogen-bond donors (Lipinski definition) is 1. The summed E-state index contributed by atoms with van der Waals surface area (Å²) < 4.78 is 5.10. The number of piperidine rings is 1. The van der Waals surface area contributed by atoms with E-state index >= 15 is 0 Å². The number of furan rings is 1. The van der Waals surface area contributed by atoms with E-state index in [1.54, 1.807) is 6.26 Å². The van der Waals surface area contributed by atoms with Crippen LogP contribution in [0.2, 0.25) is 0 Å². The molecule has 1 aliphatic heterocycles. The van der Waals surface area contributed by atoms with Crippen molar-refractivity contribution in [3.05, 3.63) is 24.2 Å². The summed E-state index contributed by atoms with van der Waals surface area (Å²) in [6, 6.07) is 2.03. The van der Waals surface area contributed by atoms with Crippen LogP contribution in [-0.4, -0.2) is 29.2 Å². The van der Waals surface area contributed by atoms with Crippen molar-refractivity contribution >= 4 is 0 Å². The number of fused-ring (bicyclic) bond motifs is 2. The Kier molecular flexibility index (Phi) is 2.74. The number of aliphatic hydroxyl groups excluding tert-OH is 1. The van der Waals surface area contributed by atoms with Crippen molar-refractivity contribution in [1.82, 2.24) is 4.90 Å². The topological polar surface area (TPSA) is 36.6 Å². The maximum atomic E-state index is 10.1. The lowest BCUT2D eigenvalue weighted by atomic mass is 9.75. The molecule has 0 aromatic carbocycles. The van der Waals surface area contributed by atoms with Gasteiger partial charge in [-0.25, -0.2) is 0 Å². The van der Waals surface area contributed by atoms with E-state index in [4.69, 9.17) is 4.42 Å². The second kappa shape index (κ2) is 4.22. The van der Waals surface area contributed by atoms with E-state index in [1.165, 1.54) is 24.8 Å². The van der Waals surface area contributed by atoms with Crippen molar-refractivity contribution in [3.63, 3.8) is 0 Å². The van der Waals surface area contributed by atoms with Crippen molar-refractivity contribution in [2.45, 2.75) is 31.9 Å². The second-order valence-corrected chi connectivity index (χ2v) is 5.27. The number of aliphatic hydroxyl groups is 1. The highest BCUT2D eigenvalue weighted by atomic mass is 16.3. The Morgan fingerprint density at radius 1 is 1.31 bits per heavy atom. The third kappa shape index (κ3) is 1.89. The lowest BCUT2D eigenvalue weighted by Gasteiger charge is -2.45. The highest BCUT2D eigenvalue weighted by molar-refractivity contribution is 5.05. The molecule has 3 heteroatoms. The lowest BCUT2D eigenvalue weighted by molar-refractivity contribution is -0.0517. The highest BCUT2D eigenvalue weighted by Gasteiger charge is 2.38. The van der Waals surface area contributed by atoms with Crippen molar-refractivity contribution in [1.29, 1.82) is 0 Å². The van der Waals surface area contributed by atoms with Gasteiger partial charge in [0.2, 0.25) is 0 Å². The molecule has 2 atom stereocenters. The number of nitrogens with zero attached hydrogens (tertiary/aromatic N) is 1. The van der Waals surface area contributed by atoms with E-state index in [9.17, 15) is 5.11 Å². The van der Waals surface area contributed by atoms with Crippen LogP contribution >= 0.6 is 0 Å². The molecule has 1 aromatic rings. The first-order valence-corrected chi connectivity index (χ1v) is 6.24. The zero-order chi connectivity index (χ0) is 11.0. The quantitative estimate of drug-likeness (QED) is 0.828.